The van der Waals surface area contributed by atoms with Crippen LogP contribution in [0, 0.1) is 13.8 Å². The maximum atomic E-state index is 10.0. The number of aryl methyl sites for hydroxylation is 1. The molecular weight excluding hydrogens is 338 g/mol. The van der Waals surface area contributed by atoms with Crippen molar-refractivity contribution in [3.8, 4) is 32.7 Å². The number of benzene rings is 1. The van der Waals surface area contributed by atoms with E-state index in [1.165, 1.54) is 11.3 Å². The largest absolute Gasteiger partial charge is 0.507 e. The monoisotopic (exact) mass is 353 g/mol. The van der Waals surface area contributed by atoms with E-state index in [0.29, 0.717) is 0 Å². The number of phenols is 1. The highest BCUT2D eigenvalue weighted by molar-refractivity contribution is 7.13. The quantitative estimate of drug-likeness (QED) is 0.561. The van der Waals surface area contributed by atoms with Crippen LogP contribution in [0.2, 0.25) is 0 Å². The number of hydrogen-bond acceptors (Lipinski definition) is 5. The molecule has 0 radical (unpaired) electrons. The van der Waals surface area contributed by atoms with E-state index in [1.54, 1.807) is 17.4 Å². The fourth-order valence-electron chi connectivity index (χ4n) is 2.82. The Balaban J connectivity index is 1.79. The van der Waals surface area contributed by atoms with Crippen LogP contribution in [0.5, 0.6) is 5.75 Å². The molecule has 0 saturated heterocycles. The van der Waals surface area contributed by atoms with Crippen molar-refractivity contribution in [1.29, 1.82) is 0 Å². The van der Waals surface area contributed by atoms with Gasteiger partial charge in [0, 0.05) is 33.9 Å². The minimum atomic E-state index is 0.256. The SMILES string of the molecule is Cc1cc(-c2csc(-c3ccccc3O)n2)c(C)n1-c1nccs1. The predicted molar refractivity (Wildman–Crippen MR) is 99.1 cm³/mol. The van der Waals surface area contributed by atoms with Crippen molar-refractivity contribution in [1.82, 2.24) is 14.5 Å². The molecule has 3 aromatic heterocycles. The molecule has 1 aromatic carbocycles. The van der Waals surface area contributed by atoms with Crippen molar-refractivity contribution < 1.29 is 5.11 Å². The molecule has 0 aliphatic carbocycles. The van der Waals surface area contributed by atoms with Crippen LogP contribution in [-0.4, -0.2) is 19.6 Å². The molecule has 6 heteroatoms. The normalized spacial score (nSPS) is 11.1. The summed E-state index contributed by atoms with van der Waals surface area (Å²) in [5.41, 5.74) is 5.04. The van der Waals surface area contributed by atoms with Gasteiger partial charge in [0.2, 0.25) is 0 Å². The predicted octanol–water partition coefficient (Wildman–Crippen LogP) is 5.05. The van der Waals surface area contributed by atoms with Crippen LogP contribution in [0.4, 0.5) is 0 Å². The molecule has 24 heavy (non-hydrogen) atoms. The Morgan fingerprint density at radius 1 is 1.08 bits per heavy atom. The molecule has 4 rings (SSSR count). The van der Waals surface area contributed by atoms with Crippen molar-refractivity contribution in [3.05, 3.63) is 58.7 Å². The zero-order chi connectivity index (χ0) is 16.7. The third-order valence-electron chi connectivity index (χ3n) is 3.96. The Hall–Kier alpha value is -2.44. The molecule has 0 aliphatic heterocycles. The van der Waals surface area contributed by atoms with Crippen molar-refractivity contribution in [2.45, 2.75) is 13.8 Å². The molecule has 0 spiro atoms. The Labute approximate surface area is 147 Å². The van der Waals surface area contributed by atoms with E-state index in [0.717, 1.165) is 38.3 Å². The molecule has 0 atom stereocenters. The van der Waals surface area contributed by atoms with Gasteiger partial charge in [0.1, 0.15) is 10.8 Å². The molecule has 3 heterocycles. The van der Waals surface area contributed by atoms with E-state index >= 15 is 0 Å². The summed E-state index contributed by atoms with van der Waals surface area (Å²) in [6.45, 7) is 4.16. The number of thiazole rings is 2. The summed E-state index contributed by atoms with van der Waals surface area (Å²) in [4.78, 5) is 9.15. The van der Waals surface area contributed by atoms with Crippen molar-refractivity contribution >= 4 is 22.7 Å². The molecule has 0 fully saturated rings. The molecular formula is C18H15N3OS2. The van der Waals surface area contributed by atoms with Crippen molar-refractivity contribution in [2.75, 3.05) is 0 Å². The summed E-state index contributed by atoms with van der Waals surface area (Å²) >= 11 is 3.16. The molecule has 120 valence electrons. The van der Waals surface area contributed by atoms with Gasteiger partial charge in [0.25, 0.3) is 0 Å². The Morgan fingerprint density at radius 2 is 1.92 bits per heavy atom. The molecule has 1 N–H and O–H groups in total. The van der Waals surface area contributed by atoms with Gasteiger partial charge in [0.05, 0.1) is 11.3 Å². The molecule has 0 bridgehead atoms. The molecule has 0 unspecified atom stereocenters. The number of aromatic hydroxyl groups is 1. The molecule has 0 saturated carbocycles. The molecule has 4 nitrogen and oxygen atoms in total. The van der Waals surface area contributed by atoms with Gasteiger partial charge < -0.3 is 5.11 Å². The highest BCUT2D eigenvalue weighted by atomic mass is 32.1. The van der Waals surface area contributed by atoms with Crippen LogP contribution >= 0.6 is 22.7 Å². The summed E-state index contributed by atoms with van der Waals surface area (Å²) in [5, 5.41) is 15.8. The van der Waals surface area contributed by atoms with E-state index in [2.05, 4.69) is 29.5 Å². The maximum absolute atomic E-state index is 10.0. The lowest BCUT2D eigenvalue weighted by Gasteiger charge is -2.04. The van der Waals surface area contributed by atoms with Crippen LogP contribution in [0.25, 0.3) is 27.0 Å². The fourth-order valence-corrected chi connectivity index (χ4v) is 4.42. The van der Waals surface area contributed by atoms with Gasteiger partial charge in [-0.25, -0.2) is 9.97 Å². The molecule has 0 amide bonds. The van der Waals surface area contributed by atoms with Crippen LogP contribution in [0.1, 0.15) is 11.4 Å². The summed E-state index contributed by atoms with van der Waals surface area (Å²) in [5.74, 6) is 0.256. The summed E-state index contributed by atoms with van der Waals surface area (Å²) in [6.07, 6.45) is 1.82. The van der Waals surface area contributed by atoms with Gasteiger partial charge >= 0.3 is 0 Å². The highest BCUT2D eigenvalue weighted by Crippen LogP contribution is 2.36. The van der Waals surface area contributed by atoms with Crippen LogP contribution < -0.4 is 0 Å². The van der Waals surface area contributed by atoms with Crippen LogP contribution in [0.3, 0.4) is 0 Å². The minimum absolute atomic E-state index is 0.256. The van der Waals surface area contributed by atoms with Gasteiger partial charge in [-0.05, 0) is 32.0 Å². The first-order valence-electron chi connectivity index (χ1n) is 7.48. The first kappa shape index (κ1) is 15.1. The van der Waals surface area contributed by atoms with E-state index < -0.39 is 0 Å². The summed E-state index contributed by atoms with van der Waals surface area (Å²) in [6, 6.07) is 9.43. The van der Waals surface area contributed by atoms with E-state index in [4.69, 9.17) is 4.98 Å². The van der Waals surface area contributed by atoms with Gasteiger partial charge in [0.15, 0.2) is 5.13 Å². The Kier molecular flexibility index (Phi) is 3.70. The lowest BCUT2D eigenvalue weighted by Crippen LogP contribution is -1.97. The van der Waals surface area contributed by atoms with E-state index in [-0.39, 0.29) is 5.75 Å². The smallest absolute Gasteiger partial charge is 0.193 e. The maximum Gasteiger partial charge on any atom is 0.193 e. The topological polar surface area (TPSA) is 50.9 Å². The standard InChI is InChI=1S/C18H15N3OS2/c1-11-9-14(12(2)21(11)18-19-7-8-23-18)15-10-24-17(20-15)13-5-3-4-6-16(13)22/h3-10,22H,1-2H3. The average Bonchev–Trinajstić information content (AvgIpc) is 3.28. The fraction of sp³-hybridized carbons (Fsp3) is 0.111. The average molecular weight is 353 g/mol. The third kappa shape index (κ3) is 2.44. The number of rotatable bonds is 3. The number of aromatic nitrogens is 3. The Morgan fingerprint density at radius 3 is 2.67 bits per heavy atom. The second kappa shape index (κ2) is 5.89. The summed E-state index contributed by atoms with van der Waals surface area (Å²) in [7, 11) is 0. The summed E-state index contributed by atoms with van der Waals surface area (Å²) < 4.78 is 2.15. The number of phenolic OH excluding ortho intramolecular Hbond substituents is 1. The van der Waals surface area contributed by atoms with Gasteiger partial charge in [-0.3, -0.25) is 4.57 Å². The van der Waals surface area contributed by atoms with Gasteiger partial charge in [-0.15, -0.1) is 22.7 Å². The van der Waals surface area contributed by atoms with E-state index in [9.17, 15) is 5.11 Å². The second-order valence-corrected chi connectivity index (χ2v) is 7.22. The number of para-hydroxylation sites is 1. The van der Waals surface area contributed by atoms with Crippen LogP contribution in [0.15, 0.2) is 47.3 Å². The first-order valence-corrected chi connectivity index (χ1v) is 9.24. The molecule has 0 aliphatic rings. The van der Waals surface area contributed by atoms with E-state index in [1.807, 2.05) is 35.2 Å². The van der Waals surface area contributed by atoms with Gasteiger partial charge in [-0.2, -0.15) is 0 Å². The zero-order valence-electron chi connectivity index (χ0n) is 13.2. The zero-order valence-corrected chi connectivity index (χ0v) is 14.9. The lowest BCUT2D eigenvalue weighted by molar-refractivity contribution is 0.477. The lowest BCUT2D eigenvalue weighted by atomic mass is 10.2. The third-order valence-corrected chi connectivity index (χ3v) is 5.59. The van der Waals surface area contributed by atoms with Crippen molar-refractivity contribution in [3.63, 3.8) is 0 Å². The van der Waals surface area contributed by atoms with Gasteiger partial charge in [-0.1, -0.05) is 12.1 Å². The Bertz CT molecular complexity index is 999. The number of hydrogen-bond donors (Lipinski definition) is 1. The van der Waals surface area contributed by atoms with Crippen LogP contribution in [-0.2, 0) is 0 Å². The van der Waals surface area contributed by atoms with Crippen molar-refractivity contribution in [2.24, 2.45) is 0 Å². The molecule has 4 aromatic rings. The minimum Gasteiger partial charge on any atom is -0.507 e. The first-order chi connectivity index (χ1) is 11.6. The number of nitrogens with zero attached hydrogens (tertiary/aromatic N) is 3. The highest BCUT2D eigenvalue weighted by Gasteiger charge is 2.17. The second-order valence-electron chi connectivity index (χ2n) is 5.49.